The van der Waals surface area contributed by atoms with Gasteiger partial charge in [0.25, 0.3) is 0 Å². The lowest BCUT2D eigenvalue weighted by Crippen LogP contribution is -2.33. The third kappa shape index (κ3) is 5.08. The number of carbonyl (C=O) groups excluding carboxylic acids is 1. The minimum Gasteiger partial charge on any atom is -0.309 e. The van der Waals surface area contributed by atoms with Crippen LogP contribution in [-0.4, -0.2) is 46.9 Å². The Hall–Kier alpha value is -2.35. The maximum absolute atomic E-state index is 12.3. The molecular weight excluding hydrogens is 345 g/mol. The third-order valence-corrected chi connectivity index (χ3v) is 4.18. The molecule has 0 unspecified atom stereocenters. The molecule has 2 aromatic rings. The van der Waals surface area contributed by atoms with Gasteiger partial charge in [-0.3, -0.25) is 9.69 Å². The number of carbonyl (C=O) groups is 1. The van der Waals surface area contributed by atoms with Crippen molar-refractivity contribution in [3.8, 4) is 5.69 Å². The van der Waals surface area contributed by atoms with Crippen LogP contribution < -0.4 is 5.32 Å². The molecule has 140 valence electrons. The van der Waals surface area contributed by atoms with Crippen molar-refractivity contribution in [2.45, 2.75) is 31.4 Å². The average Bonchev–Trinajstić information content (AvgIpc) is 3.34. The number of rotatable bonds is 7. The lowest BCUT2D eigenvalue weighted by atomic mass is 10.3. The van der Waals surface area contributed by atoms with Gasteiger partial charge in [0.1, 0.15) is 5.82 Å². The maximum Gasteiger partial charge on any atom is 0.390 e. The number of nitrogens with one attached hydrogen (secondary N) is 1. The number of hydrogen-bond donors (Lipinski definition) is 1. The molecule has 0 bridgehead atoms. The largest absolute Gasteiger partial charge is 0.390 e. The molecule has 0 aliphatic heterocycles. The standard InChI is InChI=1S/C18H21F3N4O/c1-24(10-9-18(19,20)21)12-17(26)22-16-11-15(13-7-8-13)23-25(16)14-5-3-2-4-6-14/h2-6,11,13H,7-10,12H2,1H3,(H,22,26). The van der Waals surface area contributed by atoms with Gasteiger partial charge in [-0.2, -0.15) is 18.3 Å². The Kier molecular flexibility index (Phi) is 5.31. The SMILES string of the molecule is CN(CCC(F)(F)F)CC(=O)Nc1cc(C2CC2)nn1-c1ccccc1. The zero-order valence-corrected chi connectivity index (χ0v) is 14.5. The molecule has 1 fully saturated rings. The highest BCUT2D eigenvalue weighted by atomic mass is 19.4. The van der Waals surface area contributed by atoms with Crippen molar-refractivity contribution in [3.63, 3.8) is 0 Å². The number of para-hydroxylation sites is 1. The molecule has 1 aromatic heterocycles. The number of benzene rings is 1. The van der Waals surface area contributed by atoms with Gasteiger partial charge in [-0.15, -0.1) is 0 Å². The molecule has 1 N–H and O–H groups in total. The molecule has 1 amide bonds. The lowest BCUT2D eigenvalue weighted by molar-refractivity contribution is -0.138. The van der Waals surface area contributed by atoms with Crippen LogP contribution in [0.4, 0.5) is 19.0 Å². The number of halogens is 3. The van der Waals surface area contributed by atoms with Gasteiger partial charge in [-0.25, -0.2) is 4.68 Å². The van der Waals surface area contributed by atoms with Crippen molar-refractivity contribution in [2.24, 2.45) is 0 Å². The fourth-order valence-corrected chi connectivity index (χ4v) is 2.66. The summed E-state index contributed by atoms with van der Waals surface area (Å²) in [6.07, 6.45) is -3.00. The number of amides is 1. The summed E-state index contributed by atoms with van der Waals surface area (Å²) in [6.45, 7) is -0.336. The summed E-state index contributed by atoms with van der Waals surface area (Å²) in [7, 11) is 1.50. The summed E-state index contributed by atoms with van der Waals surface area (Å²) in [5, 5.41) is 7.36. The summed E-state index contributed by atoms with van der Waals surface area (Å²) in [6, 6.07) is 11.3. The summed E-state index contributed by atoms with van der Waals surface area (Å²) >= 11 is 0. The topological polar surface area (TPSA) is 50.2 Å². The Morgan fingerprint density at radius 3 is 2.62 bits per heavy atom. The summed E-state index contributed by atoms with van der Waals surface area (Å²) in [4.78, 5) is 13.6. The molecule has 1 heterocycles. The second-order valence-electron chi connectivity index (χ2n) is 6.63. The molecule has 3 rings (SSSR count). The van der Waals surface area contributed by atoms with E-state index in [4.69, 9.17) is 0 Å². The number of nitrogens with zero attached hydrogens (tertiary/aromatic N) is 3. The predicted octanol–water partition coefficient (Wildman–Crippen LogP) is 3.57. The molecule has 0 radical (unpaired) electrons. The van der Waals surface area contributed by atoms with E-state index >= 15 is 0 Å². The number of alkyl halides is 3. The number of anilines is 1. The maximum atomic E-state index is 12.3. The monoisotopic (exact) mass is 366 g/mol. The quantitative estimate of drug-likeness (QED) is 0.815. The van der Waals surface area contributed by atoms with Crippen LogP contribution in [0.15, 0.2) is 36.4 Å². The zero-order valence-electron chi connectivity index (χ0n) is 14.5. The van der Waals surface area contributed by atoms with E-state index in [-0.39, 0.29) is 19.0 Å². The fraction of sp³-hybridized carbons (Fsp3) is 0.444. The first-order valence-electron chi connectivity index (χ1n) is 8.52. The molecular formula is C18H21F3N4O. The van der Waals surface area contributed by atoms with Gasteiger partial charge in [0.15, 0.2) is 0 Å². The van der Waals surface area contributed by atoms with E-state index in [2.05, 4.69) is 10.4 Å². The van der Waals surface area contributed by atoms with Crippen LogP contribution >= 0.6 is 0 Å². The van der Waals surface area contributed by atoms with Gasteiger partial charge in [-0.05, 0) is 32.0 Å². The van der Waals surface area contributed by atoms with Crippen LogP contribution in [0.2, 0.25) is 0 Å². The normalized spacial score (nSPS) is 14.7. The Morgan fingerprint density at radius 1 is 1.31 bits per heavy atom. The molecule has 26 heavy (non-hydrogen) atoms. The van der Waals surface area contributed by atoms with Crippen molar-refractivity contribution < 1.29 is 18.0 Å². The first-order valence-corrected chi connectivity index (χ1v) is 8.52. The third-order valence-electron chi connectivity index (χ3n) is 4.18. The van der Waals surface area contributed by atoms with E-state index in [1.807, 2.05) is 36.4 Å². The highest BCUT2D eigenvalue weighted by molar-refractivity contribution is 5.91. The summed E-state index contributed by atoms with van der Waals surface area (Å²) in [5.74, 6) is 0.589. The van der Waals surface area contributed by atoms with E-state index < -0.39 is 12.6 Å². The van der Waals surface area contributed by atoms with Crippen LogP contribution in [0.25, 0.3) is 5.69 Å². The van der Waals surface area contributed by atoms with E-state index in [9.17, 15) is 18.0 Å². The van der Waals surface area contributed by atoms with E-state index in [0.717, 1.165) is 24.2 Å². The first-order chi connectivity index (χ1) is 12.3. The number of aromatic nitrogens is 2. The van der Waals surface area contributed by atoms with Gasteiger partial charge in [-0.1, -0.05) is 18.2 Å². The summed E-state index contributed by atoms with van der Waals surface area (Å²) < 4.78 is 38.5. The Bertz CT molecular complexity index is 754. The highest BCUT2D eigenvalue weighted by Gasteiger charge is 2.29. The average molecular weight is 366 g/mol. The predicted molar refractivity (Wildman–Crippen MR) is 92.3 cm³/mol. The van der Waals surface area contributed by atoms with E-state index in [0.29, 0.717) is 11.7 Å². The minimum atomic E-state index is -4.23. The molecule has 1 aliphatic carbocycles. The van der Waals surface area contributed by atoms with Gasteiger partial charge >= 0.3 is 6.18 Å². The second-order valence-corrected chi connectivity index (χ2v) is 6.63. The smallest absolute Gasteiger partial charge is 0.309 e. The second kappa shape index (κ2) is 7.49. The van der Waals surface area contributed by atoms with Crippen LogP contribution in [0.3, 0.4) is 0 Å². The Balaban J connectivity index is 1.67. The fourth-order valence-electron chi connectivity index (χ4n) is 2.66. The molecule has 8 heteroatoms. The van der Waals surface area contributed by atoms with Crippen molar-refractivity contribution in [3.05, 3.63) is 42.1 Å². The Morgan fingerprint density at radius 2 is 2.00 bits per heavy atom. The van der Waals surface area contributed by atoms with Crippen molar-refractivity contribution in [1.29, 1.82) is 0 Å². The highest BCUT2D eigenvalue weighted by Crippen LogP contribution is 2.40. The lowest BCUT2D eigenvalue weighted by Gasteiger charge is -2.17. The molecule has 0 atom stereocenters. The van der Waals surface area contributed by atoms with Crippen LogP contribution in [-0.2, 0) is 4.79 Å². The molecule has 1 aromatic carbocycles. The van der Waals surface area contributed by atoms with E-state index in [1.54, 1.807) is 4.68 Å². The van der Waals surface area contributed by atoms with Gasteiger partial charge in [0.2, 0.25) is 5.91 Å². The van der Waals surface area contributed by atoms with Gasteiger partial charge in [0, 0.05) is 18.5 Å². The van der Waals surface area contributed by atoms with Gasteiger partial charge < -0.3 is 5.32 Å². The molecule has 0 spiro atoms. The molecule has 5 nitrogen and oxygen atoms in total. The summed E-state index contributed by atoms with van der Waals surface area (Å²) in [5.41, 5.74) is 1.75. The van der Waals surface area contributed by atoms with Crippen LogP contribution in [0.1, 0.15) is 30.9 Å². The Labute approximate surface area is 149 Å². The van der Waals surface area contributed by atoms with Crippen LogP contribution in [0.5, 0.6) is 0 Å². The molecule has 0 saturated heterocycles. The van der Waals surface area contributed by atoms with Gasteiger partial charge in [0.05, 0.1) is 24.3 Å². The van der Waals surface area contributed by atoms with Crippen molar-refractivity contribution in [2.75, 3.05) is 25.5 Å². The van der Waals surface area contributed by atoms with E-state index in [1.165, 1.54) is 11.9 Å². The van der Waals surface area contributed by atoms with Crippen molar-refractivity contribution in [1.82, 2.24) is 14.7 Å². The zero-order chi connectivity index (χ0) is 18.7. The molecule has 1 aliphatic rings. The van der Waals surface area contributed by atoms with Crippen molar-refractivity contribution >= 4 is 11.7 Å². The minimum absolute atomic E-state index is 0.116. The number of likely N-dealkylation sites (N-methyl/N-ethyl adjacent to an activating group) is 1. The number of hydrogen-bond acceptors (Lipinski definition) is 3. The first kappa shape index (κ1) is 18.4. The molecule has 1 saturated carbocycles. The van der Waals surface area contributed by atoms with Crippen LogP contribution in [0, 0.1) is 0 Å².